The van der Waals surface area contributed by atoms with Crippen molar-refractivity contribution < 1.29 is 4.39 Å². The molecule has 0 aliphatic carbocycles. The second-order valence-corrected chi connectivity index (χ2v) is 7.49. The maximum absolute atomic E-state index is 13.7. The van der Waals surface area contributed by atoms with Crippen LogP contribution in [0.2, 0.25) is 0 Å². The van der Waals surface area contributed by atoms with Crippen LogP contribution in [0.5, 0.6) is 0 Å². The molecular formula is C23H27Cl2FN4O. The Morgan fingerprint density at radius 1 is 1.00 bits per heavy atom. The molecule has 1 aliphatic rings. The fraction of sp³-hybridized carbons (Fsp3) is 0.304. The van der Waals surface area contributed by atoms with Gasteiger partial charge in [0.05, 0.1) is 12.2 Å². The van der Waals surface area contributed by atoms with Crippen LogP contribution in [-0.4, -0.2) is 40.9 Å². The summed E-state index contributed by atoms with van der Waals surface area (Å²) < 4.78 is 15.3. The highest BCUT2D eigenvalue weighted by Gasteiger charge is 2.16. The first kappa shape index (κ1) is 25.0. The van der Waals surface area contributed by atoms with E-state index in [1.807, 2.05) is 36.4 Å². The van der Waals surface area contributed by atoms with Gasteiger partial charge in [-0.15, -0.1) is 24.8 Å². The Hall–Kier alpha value is -2.25. The van der Waals surface area contributed by atoms with Crippen LogP contribution < -0.4 is 10.9 Å². The lowest BCUT2D eigenvalue weighted by molar-refractivity contribution is 0.231. The summed E-state index contributed by atoms with van der Waals surface area (Å²) in [6.45, 7) is 6.39. The lowest BCUT2D eigenvalue weighted by atomic mass is 10.1. The minimum absolute atomic E-state index is 0. The van der Waals surface area contributed by atoms with Gasteiger partial charge in [-0.3, -0.25) is 9.69 Å². The van der Waals surface area contributed by atoms with E-state index in [0.717, 1.165) is 42.9 Å². The summed E-state index contributed by atoms with van der Waals surface area (Å²) in [7, 11) is 0. The standard InChI is InChI=1S/C23H25FN4O.2ClH/c1-17-13-19(7-8-21(17)24)22-14-20(16-27-11-9-25-10-12-27)23(29)28(26-22)15-18-5-3-2-4-6-18;;/h2-8,13-14,25H,9-12,15-16H2,1H3;2*1H. The minimum atomic E-state index is -0.243. The molecule has 166 valence electrons. The summed E-state index contributed by atoms with van der Waals surface area (Å²) in [5.41, 5.74) is 3.72. The van der Waals surface area contributed by atoms with Crippen molar-refractivity contribution >= 4 is 24.8 Å². The summed E-state index contributed by atoms with van der Waals surface area (Å²) in [5.74, 6) is -0.243. The van der Waals surface area contributed by atoms with E-state index in [4.69, 9.17) is 0 Å². The Bertz CT molecular complexity index is 1050. The molecule has 3 aromatic rings. The summed E-state index contributed by atoms with van der Waals surface area (Å²) in [5, 5.41) is 7.95. The van der Waals surface area contributed by atoms with Crippen molar-refractivity contribution in [1.29, 1.82) is 0 Å². The van der Waals surface area contributed by atoms with Gasteiger partial charge in [0, 0.05) is 43.9 Å². The van der Waals surface area contributed by atoms with Crippen LogP contribution in [0.4, 0.5) is 4.39 Å². The molecule has 1 fully saturated rings. The number of halogens is 3. The summed E-state index contributed by atoms with van der Waals surface area (Å²) in [6.07, 6.45) is 0. The lowest BCUT2D eigenvalue weighted by Crippen LogP contribution is -2.44. The fourth-order valence-electron chi connectivity index (χ4n) is 3.63. The van der Waals surface area contributed by atoms with Crippen LogP contribution in [-0.2, 0) is 13.1 Å². The van der Waals surface area contributed by atoms with E-state index < -0.39 is 0 Å². The predicted molar refractivity (Wildman–Crippen MR) is 127 cm³/mol. The Kier molecular flexibility index (Phi) is 9.19. The smallest absolute Gasteiger partial charge is 0.271 e. The highest BCUT2D eigenvalue weighted by Crippen LogP contribution is 2.20. The Morgan fingerprint density at radius 3 is 2.39 bits per heavy atom. The average Bonchev–Trinajstić information content (AvgIpc) is 2.74. The molecule has 0 saturated carbocycles. The Labute approximate surface area is 194 Å². The Morgan fingerprint density at radius 2 is 1.71 bits per heavy atom. The molecule has 1 saturated heterocycles. The van der Waals surface area contributed by atoms with Crippen LogP contribution in [0.1, 0.15) is 16.7 Å². The quantitative estimate of drug-likeness (QED) is 0.625. The number of rotatable bonds is 5. The molecule has 0 bridgehead atoms. The predicted octanol–water partition coefficient (Wildman–Crippen LogP) is 3.65. The van der Waals surface area contributed by atoms with Crippen LogP contribution in [0.25, 0.3) is 11.3 Å². The molecule has 8 heteroatoms. The van der Waals surface area contributed by atoms with E-state index >= 15 is 0 Å². The molecule has 1 N–H and O–H groups in total. The number of hydrogen-bond donors (Lipinski definition) is 1. The number of piperazine rings is 1. The third-order valence-electron chi connectivity index (χ3n) is 5.28. The van der Waals surface area contributed by atoms with Crippen molar-refractivity contribution in [1.82, 2.24) is 20.0 Å². The summed E-state index contributed by atoms with van der Waals surface area (Å²) >= 11 is 0. The van der Waals surface area contributed by atoms with Crippen molar-refractivity contribution in [2.75, 3.05) is 26.2 Å². The van der Waals surface area contributed by atoms with Crippen molar-refractivity contribution in [3.05, 3.63) is 87.5 Å². The average molecular weight is 465 g/mol. The van der Waals surface area contributed by atoms with E-state index in [9.17, 15) is 9.18 Å². The van der Waals surface area contributed by atoms with Crippen molar-refractivity contribution in [2.45, 2.75) is 20.0 Å². The Balaban J connectivity index is 0.00000171. The monoisotopic (exact) mass is 464 g/mol. The van der Waals surface area contributed by atoms with E-state index in [1.165, 1.54) is 10.7 Å². The zero-order valence-corrected chi connectivity index (χ0v) is 19.0. The molecule has 2 aromatic carbocycles. The molecule has 4 rings (SSSR count). The van der Waals surface area contributed by atoms with Crippen LogP contribution >= 0.6 is 24.8 Å². The SMILES string of the molecule is Cc1cc(-c2cc(CN3CCNCC3)c(=O)n(Cc3ccccc3)n2)ccc1F.Cl.Cl. The topological polar surface area (TPSA) is 50.2 Å². The highest BCUT2D eigenvalue weighted by molar-refractivity contribution is 5.85. The number of aromatic nitrogens is 2. The maximum Gasteiger partial charge on any atom is 0.271 e. The van der Waals surface area contributed by atoms with Crippen molar-refractivity contribution in [3.63, 3.8) is 0 Å². The van der Waals surface area contributed by atoms with Crippen molar-refractivity contribution in [2.24, 2.45) is 0 Å². The number of aryl methyl sites for hydroxylation is 1. The molecule has 5 nitrogen and oxygen atoms in total. The fourth-order valence-corrected chi connectivity index (χ4v) is 3.63. The zero-order valence-electron chi connectivity index (χ0n) is 17.4. The van der Waals surface area contributed by atoms with Crippen LogP contribution in [0.3, 0.4) is 0 Å². The minimum Gasteiger partial charge on any atom is -0.314 e. The van der Waals surface area contributed by atoms with Gasteiger partial charge in [-0.2, -0.15) is 5.10 Å². The molecule has 1 aromatic heterocycles. The summed E-state index contributed by atoms with van der Waals surface area (Å²) in [4.78, 5) is 15.4. The van der Waals surface area contributed by atoms with Gasteiger partial charge >= 0.3 is 0 Å². The van der Waals surface area contributed by atoms with Crippen LogP contribution in [0, 0.1) is 12.7 Å². The van der Waals surface area contributed by atoms with Gasteiger partial charge in [0.15, 0.2) is 0 Å². The summed E-state index contributed by atoms with van der Waals surface area (Å²) in [6, 6.07) is 16.6. The van der Waals surface area contributed by atoms with E-state index in [-0.39, 0.29) is 36.2 Å². The number of hydrogen-bond acceptors (Lipinski definition) is 4. The van der Waals surface area contributed by atoms with Gasteiger partial charge in [-0.1, -0.05) is 30.3 Å². The molecule has 0 atom stereocenters. The first-order valence-electron chi connectivity index (χ1n) is 9.95. The molecule has 31 heavy (non-hydrogen) atoms. The third-order valence-corrected chi connectivity index (χ3v) is 5.28. The molecule has 2 heterocycles. The van der Waals surface area contributed by atoms with Gasteiger partial charge in [-0.05, 0) is 42.3 Å². The number of benzene rings is 2. The van der Waals surface area contributed by atoms with Gasteiger partial charge in [0.2, 0.25) is 0 Å². The number of nitrogens with zero attached hydrogens (tertiary/aromatic N) is 3. The first-order chi connectivity index (χ1) is 14.1. The second-order valence-electron chi connectivity index (χ2n) is 7.49. The maximum atomic E-state index is 13.7. The zero-order chi connectivity index (χ0) is 20.2. The van der Waals surface area contributed by atoms with E-state index in [1.54, 1.807) is 19.1 Å². The van der Waals surface area contributed by atoms with Gasteiger partial charge < -0.3 is 5.32 Å². The molecule has 0 spiro atoms. The molecule has 0 unspecified atom stereocenters. The van der Waals surface area contributed by atoms with Crippen molar-refractivity contribution in [3.8, 4) is 11.3 Å². The highest BCUT2D eigenvalue weighted by atomic mass is 35.5. The lowest BCUT2D eigenvalue weighted by Gasteiger charge is -2.27. The van der Waals surface area contributed by atoms with Crippen LogP contribution in [0.15, 0.2) is 59.4 Å². The van der Waals surface area contributed by atoms with Gasteiger partial charge in [-0.25, -0.2) is 9.07 Å². The molecule has 0 radical (unpaired) electrons. The van der Waals surface area contributed by atoms with Gasteiger partial charge in [0.1, 0.15) is 5.82 Å². The van der Waals surface area contributed by atoms with E-state index in [2.05, 4.69) is 15.3 Å². The largest absolute Gasteiger partial charge is 0.314 e. The third kappa shape index (κ3) is 6.14. The molecule has 0 amide bonds. The second kappa shape index (κ2) is 11.4. The normalized spacial score (nSPS) is 13.9. The van der Waals surface area contributed by atoms with E-state index in [0.29, 0.717) is 24.3 Å². The van der Waals surface area contributed by atoms with Gasteiger partial charge in [0.25, 0.3) is 5.56 Å². The molecule has 1 aliphatic heterocycles. The first-order valence-corrected chi connectivity index (χ1v) is 9.95. The number of nitrogens with one attached hydrogen (secondary N) is 1. The molecular weight excluding hydrogens is 438 g/mol.